The molecule has 19 heavy (non-hydrogen) atoms. The van der Waals surface area contributed by atoms with Crippen molar-refractivity contribution in [1.29, 1.82) is 0 Å². The van der Waals surface area contributed by atoms with Crippen LogP contribution < -0.4 is 11.2 Å². The van der Waals surface area contributed by atoms with E-state index in [0.717, 1.165) is 12.8 Å². The Hall–Kier alpha value is -1.26. The molecule has 5 heteroatoms. The van der Waals surface area contributed by atoms with E-state index in [4.69, 9.17) is 17.3 Å². The Morgan fingerprint density at radius 1 is 1.37 bits per heavy atom. The summed E-state index contributed by atoms with van der Waals surface area (Å²) in [4.78, 5) is 12.3. The monoisotopic (exact) mass is 281 g/mol. The third-order valence-corrected chi connectivity index (χ3v) is 4.12. The van der Waals surface area contributed by atoms with E-state index >= 15 is 0 Å². The largest absolute Gasteiger partial charge is 0.398 e. The third kappa shape index (κ3) is 3.01. The minimum Gasteiger partial charge on any atom is -0.398 e. The number of hydrogen-bond donors (Lipinski definition) is 2. The zero-order valence-electron chi connectivity index (χ0n) is 11.3. The fourth-order valence-electron chi connectivity index (χ4n) is 2.54. The predicted octanol–water partition coefficient (Wildman–Crippen LogP) is 2.83. The molecule has 1 saturated heterocycles. The van der Waals surface area contributed by atoms with Crippen molar-refractivity contribution in [3.8, 4) is 0 Å². The van der Waals surface area contributed by atoms with E-state index in [1.807, 2.05) is 5.01 Å². The van der Waals surface area contributed by atoms with Gasteiger partial charge in [-0.2, -0.15) is 0 Å². The molecular formula is C14H20ClN3O. The van der Waals surface area contributed by atoms with Crippen molar-refractivity contribution >= 4 is 23.2 Å². The molecule has 4 nitrogen and oxygen atoms in total. The maximum Gasteiger partial charge on any atom is 0.267 e. The van der Waals surface area contributed by atoms with Gasteiger partial charge in [-0.1, -0.05) is 24.1 Å². The summed E-state index contributed by atoms with van der Waals surface area (Å²) in [5.74, 6) is -0.196. The van der Waals surface area contributed by atoms with Crippen molar-refractivity contribution in [2.45, 2.75) is 45.2 Å². The van der Waals surface area contributed by atoms with Gasteiger partial charge in [-0.05, 0) is 38.8 Å². The number of nitrogen functional groups attached to an aromatic ring is 1. The van der Waals surface area contributed by atoms with Gasteiger partial charge in [0, 0.05) is 12.1 Å². The Morgan fingerprint density at radius 3 is 2.63 bits per heavy atom. The van der Waals surface area contributed by atoms with Crippen LogP contribution in [0.3, 0.4) is 0 Å². The van der Waals surface area contributed by atoms with Crippen LogP contribution in [0.4, 0.5) is 5.69 Å². The molecule has 0 aromatic heterocycles. The lowest BCUT2D eigenvalue weighted by Crippen LogP contribution is -2.54. The smallest absolute Gasteiger partial charge is 0.267 e. The van der Waals surface area contributed by atoms with Crippen LogP contribution in [-0.4, -0.2) is 23.0 Å². The van der Waals surface area contributed by atoms with Crippen LogP contribution in [0.15, 0.2) is 18.2 Å². The summed E-state index contributed by atoms with van der Waals surface area (Å²) in [7, 11) is 0. The number of anilines is 1. The number of hydrogen-bond acceptors (Lipinski definition) is 3. The lowest BCUT2D eigenvalue weighted by Gasteiger charge is -2.38. The highest BCUT2D eigenvalue weighted by Gasteiger charge is 2.27. The van der Waals surface area contributed by atoms with Gasteiger partial charge < -0.3 is 5.73 Å². The van der Waals surface area contributed by atoms with Crippen molar-refractivity contribution in [2.24, 2.45) is 0 Å². The fraction of sp³-hybridized carbons (Fsp3) is 0.500. The highest BCUT2D eigenvalue weighted by atomic mass is 35.5. The lowest BCUT2D eigenvalue weighted by molar-refractivity contribution is 0.0370. The van der Waals surface area contributed by atoms with Gasteiger partial charge in [0.1, 0.15) is 0 Å². The highest BCUT2D eigenvalue weighted by molar-refractivity contribution is 6.36. The van der Waals surface area contributed by atoms with Crippen LogP contribution in [0.1, 0.15) is 43.5 Å². The Balaban J connectivity index is 2.14. The summed E-state index contributed by atoms with van der Waals surface area (Å²) >= 11 is 6.07. The van der Waals surface area contributed by atoms with Crippen molar-refractivity contribution in [3.05, 3.63) is 28.8 Å². The Labute approximate surface area is 118 Å². The van der Waals surface area contributed by atoms with Crippen molar-refractivity contribution in [1.82, 2.24) is 10.4 Å². The molecular weight excluding hydrogens is 262 g/mol. The zero-order chi connectivity index (χ0) is 14.0. The van der Waals surface area contributed by atoms with Crippen molar-refractivity contribution in [3.63, 3.8) is 0 Å². The van der Waals surface area contributed by atoms with E-state index in [1.54, 1.807) is 18.2 Å². The van der Waals surface area contributed by atoms with Crippen molar-refractivity contribution < 1.29 is 4.79 Å². The van der Waals surface area contributed by atoms with Gasteiger partial charge in [-0.3, -0.25) is 10.2 Å². The maximum atomic E-state index is 12.3. The van der Waals surface area contributed by atoms with E-state index in [9.17, 15) is 4.79 Å². The number of benzene rings is 1. The first-order valence-corrected chi connectivity index (χ1v) is 7.01. The van der Waals surface area contributed by atoms with Crippen molar-refractivity contribution in [2.75, 3.05) is 5.73 Å². The van der Waals surface area contributed by atoms with E-state index in [-0.39, 0.29) is 5.91 Å². The number of nitrogens with zero attached hydrogens (tertiary/aromatic N) is 1. The first kappa shape index (κ1) is 14.2. The van der Waals surface area contributed by atoms with E-state index in [2.05, 4.69) is 19.3 Å². The van der Waals surface area contributed by atoms with Gasteiger partial charge in [0.05, 0.1) is 16.3 Å². The lowest BCUT2D eigenvalue weighted by atomic mass is 10.00. The van der Waals surface area contributed by atoms with Gasteiger partial charge in [0.25, 0.3) is 5.91 Å². The van der Waals surface area contributed by atoms with Gasteiger partial charge in [-0.15, -0.1) is 0 Å². The fourth-order valence-corrected chi connectivity index (χ4v) is 2.76. The molecule has 2 atom stereocenters. The summed E-state index contributed by atoms with van der Waals surface area (Å²) in [6.07, 6.45) is 3.39. The van der Waals surface area contributed by atoms with Gasteiger partial charge >= 0.3 is 0 Å². The number of rotatable bonds is 2. The number of hydrazine groups is 1. The second-order valence-corrected chi connectivity index (χ2v) is 5.56. The molecule has 1 aromatic carbocycles. The topological polar surface area (TPSA) is 58.4 Å². The Morgan fingerprint density at radius 2 is 2.00 bits per heavy atom. The molecule has 0 aliphatic carbocycles. The molecule has 0 spiro atoms. The SMILES string of the molecule is CC1CCCC(C)N1NC(=O)c1cccc(N)c1Cl. The van der Waals surface area contributed by atoms with Crippen LogP contribution in [0.2, 0.25) is 5.02 Å². The van der Waals surface area contributed by atoms with Crippen LogP contribution in [0.5, 0.6) is 0 Å². The summed E-state index contributed by atoms with van der Waals surface area (Å²) in [6, 6.07) is 5.79. The standard InChI is InChI=1S/C14H20ClN3O/c1-9-5-3-6-10(2)18(9)17-14(19)11-7-4-8-12(16)13(11)15/h4,7-10H,3,5-6,16H2,1-2H3,(H,17,19). The average molecular weight is 282 g/mol. The number of nitrogens with one attached hydrogen (secondary N) is 1. The van der Waals surface area contributed by atoms with Gasteiger partial charge in [0.2, 0.25) is 0 Å². The van der Waals surface area contributed by atoms with Gasteiger partial charge in [-0.25, -0.2) is 5.01 Å². The minimum atomic E-state index is -0.196. The van der Waals surface area contributed by atoms with Crippen LogP contribution >= 0.6 is 11.6 Å². The predicted molar refractivity (Wildman–Crippen MR) is 77.9 cm³/mol. The third-order valence-electron chi connectivity index (χ3n) is 3.70. The summed E-state index contributed by atoms with van der Waals surface area (Å²) in [5.41, 5.74) is 9.53. The zero-order valence-corrected chi connectivity index (χ0v) is 12.1. The highest BCUT2D eigenvalue weighted by Crippen LogP contribution is 2.24. The molecule has 1 aliphatic heterocycles. The number of halogens is 1. The molecule has 1 aromatic rings. The normalized spacial score (nSPS) is 24.2. The number of carbonyl (C=O) groups is 1. The summed E-state index contributed by atoms with van der Waals surface area (Å²) in [6.45, 7) is 4.24. The van der Waals surface area contributed by atoms with Crippen LogP contribution in [0, 0.1) is 0 Å². The molecule has 3 N–H and O–H groups in total. The molecule has 0 bridgehead atoms. The summed E-state index contributed by atoms with van der Waals surface area (Å²) in [5, 5.41) is 2.34. The Kier molecular flexibility index (Phi) is 4.32. The summed E-state index contributed by atoms with van der Waals surface area (Å²) < 4.78 is 0. The van der Waals surface area contributed by atoms with Crippen LogP contribution in [0.25, 0.3) is 0 Å². The molecule has 0 radical (unpaired) electrons. The molecule has 104 valence electrons. The quantitative estimate of drug-likeness (QED) is 0.820. The molecule has 2 unspecified atom stereocenters. The Bertz CT molecular complexity index is 468. The average Bonchev–Trinajstić information content (AvgIpc) is 2.37. The van der Waals surface area contributed by atoms with E-state index in [1.165, 1.54) is 6.42 Å². The van der Waals surface area contributed by atoms with E-state index in [0.29, 0.717) is 28.4 Å². The maximum absolute atomic E-state index is 12.3. The molecule has 1 amide bonds. The number of piperidine rings is 1. The number of nitrogens with two attached hydrogens (primary N) is 1. The van der Waals surface area contributed by atoms with Gasteiger partial charge in [0.15, 0.2) is 0 Å². The number of amides is 1. The second kappa shape index (κ2) is 5.80. The molecule has 1 aliphatic rings. The molecule has 1 fully saturated rings. The first-order chi connectivity index (χ1) is 9.00. The first-order valence-electron chi connectivity index (χ1n) is 6.64. The van der Waals surface area contributed by atoms with Crippen LogP contribution in [-0.2, 0) is 0 Å². The minimum absolute atomic E-state index is 0.196. The molecule has 2 rings (SSSR count). The second-order valence-electron chi connectivity index (χ2n) is 5.19. The molecule has 0 saturated carbocycles. The van der Waals surface area contributed by atoms with E-state index < -0.39 is 0 Å². The number of carbonyl (C=O) groups excluding carboxylic acids is 1. The molecule has 1 heterocycles.